The Labute approximate surface area is 178 Å². The molecular formula is C25H29N3O2. The highest BCUT2D eigenvalue weighted by Crippen LogP contribution is 2.46. The zero-order valence-corrected chi connectivity index (χ0v) is 17.6. The molecule has 2 amide bonds. The third-order valence-electron chi connectivity index (χ3n) is 6.91. The van der Waals surface area contributed by atoms with Crippen LogP contribution in [0.3, 0.4) is 0 Å². The first-order valence-electron chi connectivity index (χ1n) is 11.1. The predicted octanol–water partition coefficient (Wildman–Crippen LogP) is 3.86. The second kappa shape index (κ2) is 7.46. The number of carbonyl (C=O) groups is 2. The van der Waals surface area contributed by atoms with E-state index >= 15 is 0 Å². The number of para-hydroxylation sites is 1. The molecule has 1 saturated carbocycles. The minimum absolute atomic E-state index is 0.0605. The Morgan fingerprint density at radius 3 is 2.20 bits per heavy atom. The summed E-state index contributed by atoms with van der Waals surface area (Å²) in [6.07, 6.45) is 4.26. The second-order valence-corrected chi connectivity index (χ2v) is 9.08. The van der Waals surface area contributed by atoms with Crippen molar-refractivity contribution >= 4 is 23.2 Å². The number of aryl methyl sites for hydroxylation is 1. The number of carbonyl (C=O) groups excluding carboxylic acids is 2. The van der Waals surface area contributed by atoms with Crippen molar-refractivity contribution in [3.05, 3.63) is 59.7 Å². The maximum Gasteiger partial charge on any atom is 0.253 e. The van der Waals surface area contributed by atoms with Crippen molar-refractivity contribution in [2.45, 2.75) is 32.6 Å². The van der Waals surface area contributed by atoms with Crippen molar-refractivity contribution in [3.63, 3.8) is 0 Å². The lowest BCUT2D eigenvalue weighted by molar-refractivity contribution is -0.137. The summed E-state index contributed by atoms with van der Waals surface area (Å²) < 4.78 is 0. The highest BCUT2D eigenvalue weighted by atomic mass is 16.2. The Morgan fingerprint density at radius 2 is 1.50 bits per heavy atom. The molecule has 1 aliphatic carbocycles. The maximum atomic E-state index is 13.0. The van der Waals surface area contributed by atoms with Crippen LogP contribution in [0.15, 0.2) is 48.5 Å². The summed E-state index contributed by atoms with van der Waals surface area (Å²) in [6.45, 7) is 5.56. The Kier molecular flexibility index (Phi) is 4.76. The molecule has 0 atom stereocenters. The van der Waals surface area contributed by atoms with Gasteiger partial charge in [0.15, 0.2) is 0 Å². The quantitative estimate of drug-likeness (QED) is 0.782. The zero-order valence-electron chi connectivity index (χ0n) is 17.6. The number of benzene rings is 2. The topological polar surface area (TPSA) is 43.9 Å². The van der Waals surface area contributed by atoms with Gasteiger partial charge < -0.3 is 14.7 Å². The molecule has 2 aliphatic heterocycles. The Balaban J connectivity index is 1.24. The molecule has 2 aromatic rings. The van der Waals surface area contributed by atoms with Crippen molar-refractivity contribution in [2.24, 2.45) is 5.41 Å². The van der Waals surface area contributed by atoms with Gasteiger partial charge in [0.05, 0.1) is 0 Å². The van der Waals surface area contributed by atoms with E-state index in [1.807, 2.05) is 21.9 Å². The van der Waals surface area contributed by atoms with Crippen LogP contribution < -0.4 is 4.90 Å². The monoisotopic (exact) mass is 403 g/mol. The molecule has 2 aromatic carbocycles. The van der Waals surface area contributed by atoms with Gasteiger partial charge in [-0.2, -0.15) is 0 Å². The number of anilines is 2. The molecule has 156 valence electrons. The number of fused-ring (bicyclic) bond motifs is 1. The van der Waals surface area contributed by atoms with E-state index in [9.17, 15) is 9.59 Å². The number of rotatable bonds is 3. The molecule has 0 radical (unpaired) electrons. The first-order chi connectivity index (χ1) is 14.5. The van der Waals surface area contributed by atoms with Gasteiger partial charge in [0, 0.05) is 55.1 Å². The van der Waals surface area contributed by atoms with Crippen LogP contribution in [0.5, 0.6) is 0 Å². The first-order valence-corrected chi connectivity index (χ1v) is 11.1. The molecular weight excluding hydrogens is 374 g/mol. The van der Waals surface area contributed by atoms with Gasteiger partial charge in [-0.1, -0.05) is 25.1 Å². The summed E-state index contributed by atoms with van der Waals surface area (Å²) in [5, 5.41) is 0. The van der Waals surface area contributed by atoms with E-state index in [-0.39, 0.29) is 17.2 Å². The predicted molar refractivity (Wildman–Crippen MR) is 118 cm³/mol. The number of hydrogen-bond acceptors (Lipinski definition) is 3. The number of hydrogen-bond donors (Lipinski definition) is 0. The lowest BCUT2D eigenvalue weighted by Crippen LogP contribution is -2.52. The molecule has 1 saturated heterocycles. The van der Waals surface area contributed by atoms with Crippen LogP contribution in [-0.2, 0) is 11.2 Å². The largest absolute Gasteiger partial charge is 0.341 e. The summed E-state index contributed by atoms with van der Waals surface area (Å²) in [6, 6.07) is 16.6. The lowest BCUT2D eigenvalue weighted by Gasteiger charge is -2.36. The van der Waals surface area contributed by atoms with Crippen LogP contribution in [0, 0.1) is 5.41 Å². The number of nitrogens with zero attached hydrogens (tertiary/aromatic N) is 3. The molecule has 0 bridgehead atoms. The van der Waals surface area contributed by atoms with E-state index in [4.69, 9.17) is 0 Å². The molecule has 3 aliphatic rings. The van der Waals surface area contributed by atoms with Crippen LogP contribution in [0.2, 0.25) is 0 Å². The average molecular weight is 404 g/mol. The molecule has 0 N–H and O–H groups in total. The molecule has 2 fully saturated rings. The molecule has 0 unspecified atom stereocenters. The highest BCUT2D eigenvalue weighted by molar-refractivity contribution is 5.95. The van der Waals surface area contributed by atoms with Crippen molar-refractivity contribution in [1.29, 1.82) is 0 Å². The molecule has 5 heteroatoms. The van der Waals surface area contributed by atoms with Crippen molar-refractivity contribution < 1.29 is 9.59 Å². The summed E-state index contributed by atoms with van der Waals surface area (Å²) in [4.78, 5) is 31.7. The molecule has 5 rings (SSSR count). The summed E-state index contributed by atoms with van der Waals surface area (Å²) >= 11 is 0. The summed E-state index contributed by atoms with van der Waals surface area (Å²) in [5.74, 6) is 0.325. The van der Waals surface area contributed by atoms with E-state index in [1.165, 1.54) is 11.3 Å². The fourth-order valence-electron chi connectivity index (χ4n) is 4.66. The van der Waals surface area contributed by atoms with Gasteiger partial charge in [0.25, 0.3) is 5.91 Å². The minimum Gasteiger partial charge on any atom is -0.341 e. The third kappa shape index (κ3) is 3.47. The van der Waals surface area contributed by atoms with Crippen molar-refractivity contribution in [2.75, 3.05) is 37.6 Å². The van der Waals surface area contributed by atoms with Gasteiger partial charge in [0.1, 0.15) is 0 Å². The van der Waals surface area contributed by atoms with Crippen molar-refractivity contribution in [3.8, 4) is 0 Å². The molecule has 5 nitrogen and oxygen atoms in total. The van der Waals surface area contributed by atoms with Gasteiger partial charge in [0.2, 0.25) is 5.91 Å². The highest BCUT2D eigenvalue weighted by Gasteiger charge is 2.47. The number of amides is 2. The van der Waals surface area contributed by atoms with Crippen molar-refractivity contribution in [1.82, 2.24) is 9.80 Å². The first kappa shape index (κ1) is 19.2. The molecule has 30 heavy (non-hydrogen) atoms. The van der Waals surface area contributed by atoms with Crippen LogP contribution >= 0.6 is 0 Å². The lowest BCUT2D eigenvalue weighted by atomic mass is 10.0. The van der Waals surface area contributed by atoms with Gasteiger partial charge in [-0.25, -0.2) is 0 Å². The van der Waals surface area contributed by atoms with E-state index in [0.29, 0.717) is 26.2 Å². The summed E-state index contributed by atoms with van der Waals surface area (Å²) in [5.41, 5.74) is 4.38. The third-order valence-corrected chi connectivity index (χ3v) is 6.91. The molecule has 0 spiro atoms. The average Bonchev–Trinajstić information content (AvgIpc) is 3.56. The SMILES string of the molecule is CC1(C(=O)N2CCN(C(=O)c3ccc(N4CCCc5ccccc54)cc3)CC2)CC1. The molecule has 0 aromatic heterocycles. The number of piperazine rings is 1. The standard InChI is InChI=1S/C25H29N3O2/c1-25(12-13-25)24(30)27-17-15-26(16-18-27)23(29)20-8-10-21(11-9-20)28-14-4-6-19-5-2-3-7-22(19)28/h2-3,5,7-11H,4,6,12-18H2,1H3. The van der Waals surface area contributed by atoms with Gasteiger partial charge in [-0.3, -0.25) is 9.59 Å². The van der Waals surface area contributed by atoms with E-state index < -0.39 is 0 Å². The smallest absolute Gasteiger partial charge is 0.253 e. The van der Waals surface area contributed by atoms with Crippen LogP contribution in [0.1, 0.15) is 42.1 Å². The van der Waals surface area contributed by atoms with E-state index in [0.717, 1.165) is 43.5 Å². The van der Waals surface area contributed by atoms with E-state index in [2.05, 4.69) is 48.2 Å². The van der Waals surface area contributed by atoms with Gasteiger partial charge in [-0.15, -0.1) is 0 Å². The molecule has 2 heterocycles. The van der Waals surface area contributed by atoms with Crippen LogP contribution in [0.4, 0.5) is 11.4 Å². The van der Waals surface area contributed by atoms with Crippen LogP contribution in [-0.4, -0.2) is 54.3 Å². The summed E-state index contributed by atoms with van der Waals surface area (Å²) in [7, 11) is 0. The van der Waals surface area contributed by atoms with E-state index in [1.54, 1.807) is 0 Å². The maximum absolute atomic E-state index is 13.0. The van der Waals surface area contributed by atoms with Crippen LogP contribution in [0.25, 0.3) is 0 Å². The Morgan fingerprint density at radius 1 is 0.833 bits per heavy atom. The fraction of sp³-hybridized carbons (Fsp3) is 0.440. The van der Waals surface area contributed by atoms with Gasteiger partial charge in [-0.05, 0) is 61.6 Å². The second-order valence-electron chi connectivity index (χ2n) is 9.08. The minimum atomic E-state index is -0.130. The zero-order chi connectivity index (χ0) is 20.7. The normalized spacial score (nSPS) is 20.0. The fourth-order valence-corrected chi connectivity index (χ4v) is 4.66. The Bertz CT molecular complexity index is 957. The van der Waals surface area contributed by atoms with Gasteiger partial charge >= 0.3 is 0 Å². The Hall–Kier alpha value is -2.82.